The van der Waals surface area contributed by atoms with E-state index in [1.807, 2.05) is 6.07 Å². The van der Waals surface area contributed by atoms with E-state index in [-0.39, 0.29) is 0 Å². The lowest BCUT2D eigenvalue weighted by Crippen LogP contribution is -2.39. The first-order chi connectivity index (χ1) is 18.2. The molecule has 5 aromatic rings. The summed E-state index contributed by atoms with van der Waals surface area (Å²) in [6.45, 7) is 2.47. The molecule has 5 nitrogen and oxygen atoms in total. The van der Waals surface area contributed by atoms with Gasteiger partial charge in [0.15, 0.2) is 11.5 Å². The number of ether oxygens (including phenoxy) is 3. The smallest absolute Gasteiger partial charge is 0.161 e. The van der Waals surface area contributed by atoms with Crippen molar-refractivity contribution in [2.45, 2.75) is 32.0 Å². The van der Waals surface area contributed by atoms with Crippen LogP contribution in [0.25, 0.3) is 21.7 Å². The molecular formula is C32H30N2O3. The van der Waals surface area contributed by atoms with Crippen LogP contribution in [0.2, 0.25) is 0 Å². The highest BCUT2D eigenvalue weighted by Gasteiger charge is 2.34. The van der Waals surface area contributed by atoms with Gasteiger partial charge in [-0.15, -0.1) is 0 Å². The molecule has 2 aliphatic heterocycles. The average Bonchev–Trinajstić information content (AvgIpc) is 3.30. The van der Waals surface area contributed by atoms with E-state index < -0.39 is 0 Å². The molecule has 0 amide bonds. The van der Waals surface area contributed by atoms with E-state index in [1.165, 1.54) is 44.1 Å². The van der Waals surface area contributed by atoms with Crippen molar-refractivity contribution < 1.29 is 14.2 Å². The molecule has 1 N–H and O–H groups in total. The Morgan fingerprint density at radius 3 is 2.65 bits per heavy atom. The van der Waals surface area contributed by atoms with Gasteiger partial charge in [0.1, 0.15) is 12.4 Å². The van der Waals surface area contributed by atoms with E-state index >= 15 is 0 Å². The third-order valence-corrected chi connectivity index (χ3v) is 8.06. The maximum absolute atomic E-state index is 6.33. The minimum Gasteiger partial charge on any atom is -0.497 e. The number of hydrogen-bond donors (Lipinski definition) is 1. The van der Waals surface area contributed by atoms with Crippen LogP contribution in [-0.4, -0.2) is 30.6 Å². The van der Waals surface area contributed by atoms with Gasteiger partial charge >= 0.3 is 0 Å². The molecule has 3 heterocycles. The van der Waals surface area contributed by atoms with E-state index in [9.17, 15) is 0 Å². The second kappa shape index (κ2) is 8.86. The van der Waals surface area contributed by atoms with Crippen LogP contribution in [0, 0.1) is 0 Å². The standard InChI is InChI=1S/C32H30N2O3/c1-35-24-9-10-28-26(15-24)27-16-30-25-17-31(36-2)32(14-23(25)11-12-34(30)18-29(27)33-28)37-19-20-7-8-21-5-3-4-6-22(21)13-20/h3-10,13-15,17,30,33H,11-12,16,18-19H2,1-2H3. The van der Waals surface area contributed by atoms with Crippen LogP contribution in [-0.2, 0) is 26.0 Å². The zero-order chi connectivity index (χ0) is 24.9. The summed E-state index contributed by atoms with van der Waals surface area (Å²) in [5, 5.41) is 3.74. The first kappa shape index (κ1) is 22.3. The molecule has 4 aromatic carbocycles. The molecule has 5 heteroatoms. The molecule has 0 radical (unpaired) electrons. The van der Waals surface area contributed by atoms with Crippen molar-refractivity contribution in [3.05, 3.63) is 101 Å². The van der Waals surface area contributed by atoms with Gasteiger partial charge in [-0.3, -0.25) is 4.90 Å². The van der Waals surface area contributed by atoms with E-state index in [2.05, 4.69) is 76.6 Å². The first-order valence-electron chi connectivity index (χ1n) is 12.9. The number of benzene rings is 4. The Kier molecular flexibility index (Phi) is 5.33. The summed E-state index contributed by atoms with van der Waals surface area (Å²) in [5.74, 6) is 2.51. The molecule has 0 spiro atoms. The fourth-order valence-electron chi connectivity index (χ4n) is 6.13. The van der Waals surface area contributed by atoms with Crippen molar-refractivity contribution in [1.29, 1.82) is 0 Å². The SMILES string of the molecule is COc1ccc2[nH]c3c(c2c1)CC1c2cc(OC)c(OCc4ccc5ccccc5c4)cc2CCN1C3. The minimum atomic E-state index is 0.324. The van der Waals surface area contributed by atoms with Crippen molar-refractivity contribution in [2.24, 2.45) is 0 Å². The molecule has 1 unspecified atom stereocenters. The van der Waals surface area contributed by atoms with Crippen molar-refractivity contribution in [3.63, 3.8) is 0 Å². The van der Waals surface area contributed by atoms with Crippen molar-refractivity contribution >= 4 is 21.7 Å². The summed E-state index contributed by atoms with van der Waals surface area (Å²) >= 11 is 0. The fourth-order valence-corrected chi connectivity index (χ4v) is 6.13. The number of aromatic nitrogens is 1. The van der Waals surface area contributed by atoms with Crippen LogP contribution in [0.4, 0.5) is 0 Å². The van der Waals surface area contributed by atoms with Gasteiger partial charge in [-0.05, 0) is 82.3 Å². The lowest BCUT2D eigenvalue weighted by molar-refractivity contribution is 0.158. The number of nitrogens with one attached hydrogen (secondary N) is 1. The number of H-pyrrole nitrogens is 1. The van der Waals surface area contributed by atoms with Gasteiger partial charge in [-0.1, -0.05) is 36.4 Å². The molecule has 2 aliphatic rings. The molecule has 0 fully saturated rings. The summed E-state index contributed by atoms with van der Waals surface area (Å²) in [4.78, 5) is 6.25. The third-order valence-electron chi connectivity index (χ3n) is 8.06. The Balaban J connectivity index is 1.19. The number of rotatable bonds is 5. The second-order valence-corrected chi connectivity index (χ2v) is 10.1. The van der Waals surface area contributed by atoms with Gasteiger partial charge in [-0.25, -0.2) is 0 Å². The van der Waals surface area contributed by atoms with E-state index in [0.29, 0.717) is 12.6 Å². The lowest BCUT2D eigenvalue weighted by atomic mass is 9.85. The largest absolute Gasteiger partial charge is 0.497 e. The van der Waals surface area contributed by atoms with Gasteiger partial charge in [0, 0.05) is 35.7 Å². The van der Waals surface area contributed by atoms with Gasteiger partial charge in [0.05, 0.1) is 14.2 Å². The molecular weight excluding hydrogens is 460 g/mol. The first-order valence-corrected chi connectivity index (χ1v) is 12.9. The summed E-state index contributed by atoms with van der Waals surface area (Å²) in [7, 11) is 3.46. The number of aromatic amines is 1. The molecule has 0 aliphatic carbocycles. The highest BCUT2D eigenvalue weighted by Crippen LogP contribution is 2.44. The number of fused-ring (bicyclic) bond motifs is 7. The van der Waals surface area contributed by atoms with Crippen LogP contribution in [0.15, 0.2) is 72.8 Å². The van der Waals surface area contributed by atoms with Crippen molar-refractivity contribution in [2.75, 3.05) is 20.8 Å². The maximum Gasteiger partial charge on any atom is 0.161 e. The molecule has 37 heavy (non-hydrogen) atoms. The predicted molar refractivity (Wildman–Crippen MR) is 147 cm³/mol. The van der Waals surface area contributed by atoms with Gasteiger partial charge < -0.3 is 19.2 Å². The Bertz CT molecular complexity index is 1640. The zero-order valence-electron chi connectivity index (χ0n) is 21.2. The maximum atomic E-state index is 6.33. The number of nitrogens with zero attached hydrogens (tertiary/aromatic N) is 1. The normalized spacial score (nSPS) is 16.8. The van der Waals surface area contributed by atoms with Crippen molar-refractivity contribution in [1.82, 2.24) is 9.88 Å². The van der Waals surface area contributed by atoms with Crippen LogP contribution >= 0.6 is 0 Å². The summed E-state index contributed by atoms with van der Waals surface area (Å²) < 4.78 is 17.7. The monoisotopic (exact) mass is 490 g/mol. The Morgan fingerprint density at radius 1 is 0.892 bits per heavy atom. The third kappa shape index (κ3) is 3.82. The van der Waals surface area contributed by atoms with E-state index in [0.717, 1.165) is 48.7 Å². The van der Waals surface area contributed by atoms with Gasteiger partial charge in [0.2, 0.25) is 0 Å². The minimum absolute atomic E-state index is 0.324. The molecule has 0 saturated heterocycles. The second-order valence-electron chi connectivity index (χ2n) is 10.1. The number of hydrogen-bond acceptors (Lipinski definition) is 4. The average molecular weight is 491 g/mol. The molecule has 1 atom stereocenters. The van der Waals surface area contributed by atoms with Crippen LogP contribution in [0.3, 0.4) is 0 Å². The van der Waals surface area contributed by atoms with Crippen LogP contribution in [0.5, 0.6) is 17.2 Å². The zero-order valence-corrected chi connectivity index (χ0v) is 21.2. The summed E-state index contributed by atoms with van der Waals surface area (Å²) in [6, 6.07) is 26.0. The van der Waals surface area contributed by atoms with E-state index in [4.69, 9.17) is 14.2 Å². The molecule has 7 rings (SSSR count). The fraction of sp³-hybridized carbons (Fsp3) is 0.250. The Hall–Kier alpha value is -3.96. The Morgan fingerprint density at radius 2 is 1.78 bits per heavy atom. The summed E-state index contributed by atoms with van der Waals surface area (Å²) in [6.07, 6.45) is 1.97. The Labute approximate surface area is 216 Å². The topological polar surface area (TPSA) is 46.7 Å². The van der Waals surface area contributed by atoms with Crippen LogP contribution < -0.4 is 14.2 Å². The molecule has 0 saturated carbocycles. The quantitative estimate of drug-likeness (QED) is 0.303. The lowest BCUT2D eigenvalue weighted by Gasteiger charge is -2.40. The summed E-state index contributed by atoms with van der Waals surface area (Å²) in [5.41, 5.74) is 7.77. The highest BCUT2D eigenvalue weighted by atomic mass is 16.5. The number of methoxy groups -OCH3 is 2. The molecule has 1 aromatic heterocycles. The van der Waals surface area contributed by atoms with E-state index in [1.54, 1.807) is 14.2 Å². The molecule has 186 valence electrons. The predicted octanol–water partition coefficient (Wildman–Crippen LogP) is 6.57. The van der Waals surface area contributed by atoms with Gasteiger partial charge in [0.25, 0.3) is 0 Å². The molecule has 0 bridgehead atoms. The van der Waals surface area contributed by atoms with Crippen LogP contribution in [0.1, 0.15) is 34.0 Å². The van der Waals surface area contributed by atoms with Gasteiger partial charge in [-0.2, -0.15) is 0 Å². The highest BCUT2D eigenvalue weighted by molar-refractivity contribution is 5.86. The van der Waals surface area contributed by atoms with Crippen molar-refractivity contribution in [3.8, 4) is 17.2 Å².